The number of rotatable bonds is 5. The zero-order valence-corrected chi connectivity index (χ0v) is 11.6. The Hall–Kier alpha value is -1.68. The molecule has 1 aromatic heterocycles. The lowest BCUT2D eigenvalue weighted by atomic mass is 10.1. The summed E-state index contributed by atoms with van der Waals surface area (Å²) in [6.07, 6.45) is 0. The van der Waals surface area contributed by atoms with Crippen molar-refractivity contribution in [2.45, 2.75) is 13.8 Å². The van der Waals surface area contributed by atoms with E-state index < -0.39 is 0 Å². The number of likely N-dealkylation sites (N-methyl/N-ethyl adjacent to an activating group) is 1. The Balaban J connectivity index is 2.37. The molecule has 0 unspecified atom stereocenters. The lowest BCUT2D eigenvalue weighted by molar-refractivity contribution is 0.154. The first-order chi connectivity index (χ1) is 9.11. The molecule has 0 aliphatic carbocycles. The van der Waals surface area contributed by atoms with E-state index >= 15 is 0 Å². The summed E-state index contributed by atoms with van der Waals surface area (Å²) in [5.74, 6) is -0.238. The van der Waals surface area contributed by atoms with Gasteiger partial charge in [-0.15, -0.1) is 0 Å². The van der Waals surface area contributed by atoms with E-state index in [0.717, 1.165) is 28.8 Å². The largest absolute Gasteiger partial charge is 0.380 e. The Morgan fingerprint density at radius 3 is 2.84 bits per heavy atom. The molecule has 19 heavy (non-hydrogen) atoms. The highest BCUT2D eigenvalue weighted by Gasteiger charge is 2.09. The standard InChI is InChI=1S/C15H19FN2O/c1-4-19-8-7-18(3)15-9-11(2)17-14-6-5-12(16)10-13(14)15/h5-6,9-10H,4,7-8H2,1-3H3. The van der Waals surface area contributed by atoms with Gasteiger partial charge in [0.05, 0.1) is 12.1 Å². The summed E-state index contributed by atoms with van der Waals surface area (Å²) >= 11 is 0. The minimum atomic E-state index is -0.238. The third-order valence-corrected chi connectivity index (χ3v) is 3.06. The number of nitrogens with zero attached hydrogens (tertiary/aromatic N) is 2. The smallest absolute Gasteiger partial charge is 0.124 e. The second kappa shape index (κ2) is 5.97. The second-order valence-electron chi connectivity index (χ2n) is 4.56. The number of fused-ring (bicyclic) bond motifs is 1. The maximum absolute atomic E-state index is 13.4. The molecule has 0 bridgehead atoms. The summed E-state index contributed by atoms with van der Waals surface area (Å²) in [7, 11) is 1.98. The van der Waals surface area contributed by atoms with Crippen molar-refractivity contribution in [3.05, 3.63) is 35.8 Å². The molecule has 3 nitrogen and oxygen atoms in total. The summed E-state index contributed by atoms with van der Waals surface area (Å²) in [5, 5.41) is 0.838. The molecule has 0 fully saturated rings. The quantitative estimate of drug-likeness (QED) is 0.774. The lowest BCUT2D eigenvalue weighted by Gasteiger charge is -2.21. The number of pyridine rings is 1. The lowest BCUT2D eigenvalue weighted by Crippen LogP contribution is -2.23. The van der Waals surface area contributed by atoms with Crippen LogP contribution in [-0.4, -0.2) is 31.8 Å². The van der Waals surface area contributed by atoms with Crippen molar-refractivity contribution in [2.75, 3.05) is 31.7 Å². The zero-order chi connectivity index (χ0) is 13.8. The molecule has 0 saturated heterocycles. The van der Waals surface area contributed by atoms with Crippen molar-refractivity contribution >= 4 is 16.6 Å². The Labute approximate surface area is 113 Å². The van der Waals surface area contributed by atoms with Crippen LogP contribution in [0.5, 0.6) is 0 Å². The number of halogens is 1. The number of ether oxygens (including phenoxy) is 1. The summed E-state index contributed by atoms with van der Waals surface area (Å²) in [5.41, 5.74) is 2.73. The molecule has 0 amide bonds. The van der Waals surface area contributed by atoms with E-state index in [9.17, 15) is 4.39 Å². The number of hydrogen-bond acceptors (Lipinski definition) is 3. The van der Waals surface area contributed by atoms with Crippen molar-refractivity contribution in [1.29, 1.82) is 0 Å². The van der Waals surface area contributed by atoms with Gasteiger partial charge in [0.2, 0.25) is 0 Å². The minimum absolute atomic E-state index is 0.238. The van der Waals surface area contributed by atoms with Crippen molar-refractivity contribution in [2.24, 2.45) is 0 Å². The van der Waals surface area contributed by atoms with E-state index in [2.05, 4.69) is 9.88 Å². The van der Waals surface area contributed by atoms with Gasteiger partial charge in [-0.2, -0.15) is 0 Å². The fourth-order valence-electron chi connectivity index (χ4n) is 2.09. The maximum atomic E-state index is 13.4. The predicted molar refractivity (Wildman–Crippen MR) is 76.2 cm³/mol. The summed E-state index contributed by atoms with van der Waals surface area (Å²) in [6, 6.07) is 6.68. The Morgan fingerprint density at radius 1 is 1.32 bits per heavy atom. The molecule has 0 radical (unpaired) electrons. The molecule has 1 heterocycles. The number of hydrogen-bond donors (Lipinski definition) is 0. The topological polar surface area (TPSA) is 25.4 Å². The SMILES string of the molecule is CCOCCN(C)c1cc(C)nc2ccc(F)cc12. The van der Waals surface area contributed by atoms with Crippen LogP contribution in [0, 0.1) is 12.7 Å². The number of aromatic nitrogens is 1. The third-order valence-electron chi connectivity index (χ3n) is 3.06. The van der Waals surface area contributed by atoms with Crippen LogP contribution < -0.4 is 4.90 Å². The van der Waals surface area contributed by atoms with Gasteiger partial charge in [0.15, 0.2) is 0 Å². The van der Waals surface area contributed by atoms with E-state index in [1.165, 1.54) is 12.1 Å². The third kappa shape index (κ3) is 3.20. The molecular formula is C15H19FN2O. The predicted octanol–water partition coefficient (Wildman–Crippen LogP) is 3.16. The van der Waals surface area contributed by atoms with Crippen molar-refractivity contribution in [3.63, 3.8) is 0 Å². The molecule has 4 heteroatoms. The highest BCUT2D eigenvalue weighted by Crippen LogP contribution is 2.26. The van der Waals surface area contributed by atoms with E-state index in [4.69, 9.17) is 4.74 Å². The van der Waals surface area contributed by atoms with Gasteiger partial charge in [0, 0.05) is 37.0 Å². The van der Waals surface area contributed by atoms with Crippen LogP contribution in [-0.2, 0) is 4.74 Å². The molecule has 0 N–H and O–H groups in total. The van der Waals surface area contributed by atoms with Gasteiger partial charge < -0.3 is 9.64 Å². The van der Waals surface area contributed by atoms with Crippen LogP contribution in [0.2, 0.25) is 0 Å². The van der Waals surface area contributed by atoms with Gasteiger partial charge in [-0.1, -0.05) is 0 Å². The number of anilines is 1. The van der Waals surface area contributed by atoms with Crippen LogP contribution in [0.4, 0.5) is 10.1 Å². The average molecular weight is 262 g/mol. The maximum Gasteiger partial charge on any atom is 0.124 e. The summed E-state index contributed by atoms with van der Waals surface area (Å²) in [6.45, 7) is 6.05. The molecule has 102 valence electrons. The van der Waals surface area contributed by atoms with Gasteiger partial charge in [-0.05, 0) is 38.1 Å². The average Bonchev–Trinajstić information content (AvgIpc) is 2.38. The van der Waals surface area contributed by atoms with Crippen molar-refractivity contribution in [1.82, 2.24) is 4.98 Å². The summed E-state index contributed by atoms with van der Waals surface area (Å²) in [4.78, 5) is 6.51. The van der Waals surface area contributed by atoms with Crippen LogP contribution in [0.15, 0.2) is 24.3 Å². The molecule has 0 spiro atoms. The van der Waals surface area contributed by atoms with Crippen LogP contribution >= 0.6 is 0 Å². The molecule has 2 aromatic rings. The van der Waals surface area contributed by atoms with E-state index in [1.807, 2.05) is 27.0 Å². The molecule has 0 aliphatic rings. The highest BCUT2D eigenvalue weighted by atomic mass is 19.1. The van der Waals surface area contributed by atoms with Crippen LogP contribution in [0.3, 0.4) is 0 Å². The Bertz CT molecular complexity index is 571. The van der Waals surface area contributed by atoms with E-state index in [-0.39, 0.29) is 5.82 Å². The van der Waals surface area contributed by atoms with Gasteiger partial charge >= 0.3 is 0 Å². The number of aryl methyl sites for hydroxylation is 1. The van der Waals surface area contributed by atoms with Crippen molar-refractivity contribution in [3.8, 4) is 0 Å². The molecule has 0 aliphatic heterocycles. The normalized spacial score (nSPS) is 10.9. The fourth-order valence-corrected chi connectivity index (χ4v) is 2.09. The first-order valence-electron chi connectivity index (χ1n) is 6.47. The first-order valence-corrected chi connectivity index (χ1v) is 6.47. The Morgan fingerprint density at radius 2 is 2.11 bits per heavy atom. The second-order valence-corrected chi connectivity index (χ2v) is 4.56. The fraction of sp³-hybridized carbons (Fsp3) is 0.400. The van der Waals surface area contributed by atoms with E-state index in [1.54, 1.807) is 6.07 Å². The number of benzene rings is 1. The van der Waals surface area contributed by atoms with Crippen LogP contribution in [0.25, 0.3) is 10.9 Å². The van der Waals surface area contributed by atoms with Gasteiger partial charge in [0.25, 0.3) is 0 Å². The molecule has 0 saturated carbocycles. The highest BCUT2D eigenvalue weighted by molar-refractivity contribution is 5.91. The summed E-state index contributed by atoms with van der Waals surface area (Å²) < 4.78 is 18.8. The first kappa shape index (κ1) is 13.7. The van der Waals surface area contributed by atoms with Gasteiger partial charge in [-0.25, -0.2) is 4.39 Å². The van der Waals surface area contributed by atoms with Gasteiger partial charge in [0.1, 0.15) is 5.82 Å². The Kier molecular flexibility index (Phi) is 4.32. The van der Waals surface area contributed by atoms with E-state index in [0.29, 0.717) is 13.2 Å². The minimum Gasteiger partial charge on any atom is -0.380 e. The zero-order valence-electron chi connectivity index (χ0n) is 11.6. The van der Waals surface area contributed by atoms with Gasteiger partial charge in [-0.3, -0.25) is 4.98 Å². The molecule has 2 rings (SSSR count). The van der Waals surface area contributed by atoms with Crippen LogP contribution in [0.1, 0.15) is 12.6 Å². The molecular weight excluding hydrogens is 243 g/mol. The molecule has 0 atom stereocenters. The monoisotopic (exact) mass is 262 g/mol. The van der Waals surface area contributed by atoms with Crippen molar-refractivity contribution < 1.29 is 9.13 Å². The molecule has 1 aromatic carbocycles.